The average Bonchev–Trinajstić information content (AvgIpc) is 3.66. The Morgan fingerprint density at radius 2 is 1.67 bits per heavy atom. The summed E-state index contributed by atoms with van der Waals surface area (Å²) in [7, 11) is 1.64. The fourth-order valence-electron chi connectivity index (χ4n) is 5.27. The summed E-state index contributed by atoms with van der Waals surface area (Å²) in [5.74, 6) is 0.817. The number of hydrogen-bond donors (Lipinski definition) is 0. The van der Waals surface area contributed by atoms with Crippen LogP contribution in [0.1, 0.15) is 46.3 Å². The lowest BCUT2D eigenvalue weighted by Gasteiger charge is -2.36. The number of fused-ring (bicyclic) bond motifs is 1. The van der Waals surface area contributed by atoms with Gasteiger partial charge in [-0.3, -0.25) is 9.59 Å². The number of nitrogens with zero attached hydrogens (tertiary/aromatic N) is 5. The molecule has 1 aliphatic carbocycles. The van der Waals surface area contributed by atoms with E-state index in [0.29, 0.717) is 44.1 Å². The van der Waals surface area contributed by atoms with Gasteiger partial charge in [0.2, 0.25) is 5.91 Å². The first-order valence-corrected chi connectivity index (χ1v) is 12.4. The van der Waals surface area contributed by atoms with E-state index in [0.717, 1.165) is 29.7 Å². The fraction of sp³-hybridized carbons (Fsp3) is 0.407. The van der Waals surface area contributed by atoms with E-state index < -0.39 is 0 Å². The number of amides is 2. The summed E-state index contributed by atoms with van der Waals surface area (Å²) in [5, 5.41) is 8.46. The molecule has 186 valence electrons. The van der Waals surface area contributed by atoms with Crippen LogP contribution in [0, 0.1) is 0 Å². The zero-order valence-electron chi connectivity index (χ0n) is 20.3. The largest absolute Gasteiger partial charge is 0.497 e. The van der Waals surface area contributed by atoms with Gasteiger partial charge in [-0.2, -0.15) is 0 Å². The number of hydrogen-bond acceptors (Lipinski definition) is 6. The molecule has 1 saturated carbocycles. The molecule has 0 spiro atoms. The fourth-order valence-corrected chi connectivity index (χ4v) is 5.27. The lowest BCUT2D eigenvalue weighted by atomic mass is 9.94. The molecule has 3 aliphatic rings. The van der Waals surface area contributed by atoms with Crippen LogP contribution in [0.2, 0.25) is 0 Å². The summed E-state index contributed by atoms with van der Waals surface area (Å²) in [6, 6.07) is 17.8. The molecule has 2 aromatic carbocycles. The van der Waals surface area contributed by atoms with Crippen molar-refractivity contribution in [2.45, 2.75) is 37.5 Å². The Morgan fingerprint density at radius 1 is 0.972 bits per heavy atom. The van der Waals surface area contributed by atoms with Crippen LogP contribution in [0.3, 0.4) is 0 Å². The Hall–Kier alpha value is -3.72. The zero-order valence-corrected chi connectivity index (χ0v) is 20.3. The van der Waals surface area contributed by atoms with Gasteiger partial charge in [-0.15, -0.1) is 5.10 Å². The number of carbonyl (C=O) groups is 2. The molecule has 3 heterocycles. The molecule has 2 fully saturated rings. The zero-order chi connectivity index (χ0) is 24.7. The summed E-state index contributed by atoms with van der Waals surface area (Å²) in [4.78, 5) is 30.3. The second-order valence-corrected chi connectivity index (χ2v) is 9.67. The van der Waals surface area contributed by atoms with Gasteiger partial charge in [0.1, 0.15) is 11.9 Å². The highest BCUT2D eigenvalue weighted by molar-refractivity contribution is 5.94. The normalized spacial score (nSPS) is 20.5. The van der Waals surface area contributed by atoms with Crippen molar-refractivity contribution >= 4 is 11.8 Å². The number of methoxy groups -OCH3 is 1. The van der Waals surface area contributed by atoms with Gasteiger partial charge in [0, 0.05) is 26.2 Å². The van der Waals surface area contributed by atoms with E-state index in [1.54, 1.807) is 16.7 Å². The van der Waals surface area contributed by atoms with Crippen molar-refractivity contribution < 1.29 is 19.1 Å². The molecule has 1 saturated heterocycles. The maximum Gasteiger partial charge on any atom is 0.276 e. The SMILES string of the molecule is COc1ccc(C2Cn3nnc(C(=O)N4CCN(C(=O)C5(c6ccccc6)CC5)CC4)c3CO2)cc1. The first kappa shape index (κ1) is 22.7. The molecule has 9 nitrogen and oxygen atoms in total. The van der Waals surface area contributed by atoms with Gasteiger partial charge in [0.15, 0.2) is 5.69 Å². The van der Waals surface area contributed by atoms with E-state index in [1.165, 1.54) is 0 Å². The lowest BCUT2D eigenvalue weighted by molar-refractivity contribution is -0.135. The van der Waals surface area contributed by atoms with E-state index in [9.17, 15) is 9.59 Å². The Labute approximate surface area is 209 Å². The molecule has 3 aromatic rings. The second-order valence-electron chi connectivity index (χ2n) is 9.67. The van der Waals surface area contributed by atoms with Crippen molar-refractivity contribution in [2.24, 2.45) is 0 Å². The molecule has 2 aliphatic heterocycles. The van der Waals surface area contributed by atoms with Crippen LogP contribution in [0.15, 0.2) is 54.6 Å². The highest BCUT2D eigenvalue weighted by atomic mass is 16.5. The maximum absolute atomic E-state index is 13.3. The first-order chi connectivity index (χ1) is 17.6. The number of ether oxygens (including phenoxy) is 2. The van der Waals surface area contributed by atoms with Gasteiger partial charge in [-0.25, -0.2) is 4.68 Å². The van der Waals surface area contributed by atoms with Crippen LogP contribution in [-0.4, -0.2) is 69.9 Å². The van der Waals surface area contributed by atoms with Gasteiger partial charge in [-0.05, 0) is 36.1 Å². The maximum atomic E-state index is 13.3. The van der Waals surface area contributed by atoms with E-state index >= 15 is 0 Å². The summed E-state index contributed by atoms with van der Waals surface area (Å²) in [6.45, 7) is 2.78. The molecule has 6 rings (SSSR count). The Kier molecular flexibility index (Phi) is 5.72. The van der Waals surface area contributed by atoms with Crippen LogP contribution in [-0.2, 0) is 28.1 Å². The highest BCUT2D eigenvalue weighted by Gasteiger charge is 2.53. The molecule has 1 atom stereocenters. The average molecular weight is 488 g/mol. The molecule has 1 aromatic heterocycles. The van der Waals surface area contributed by atoms with Crippen molar-refractivity contribution in [3.63, 3.8) is 0 Å². The molecule has 1 unspecified atom stereocenters. The molecule has 0 bridgehead atoms. The molecule has 2 amide bonds. The van der Waals surface area contributed by atoms with Crippen molar-refractivity contribution in [1.82, 2.24) is 24.8 Å². The number of rotatable bonds is 5. The molecular formula is C27H29N5O4. The molecule has 0 N–H and O–H groups in total. The molecular weight excluding hydrogens is 458 g/mol. The van der Waals surface area contributed by atoms with E-state index in [2.05, 4.69) is 10.3 Å². The van der Waals surface area contributed by atoms with Gasteiger partial charge in [0.05, 0.1) is 31.4 Å². The Balaban J connectivity index is 1.09. The van der Waals surface area contributed by atoms with E-state index in [-0.39, 0.29) is 29.9 Å². The summed E-state index contributed by atoms with van der Waals surface area (Å²) >= 11 is 0. The van der Waals surface area contributed by atoms with Crippen molar-refractivity contribution in [2.75, 3.05) is 33.3 Å². The minimum Gasteiger partial charge on any atom is -0.497 e. The van der Waals surface area contributed by atoms with E-state index in [4.69, 9.17) is 9.47 Å². The topological polar surface area (TPSA) is 89.8 Å². The Morgan fingerprint density at radius 3 is 2.33 bits per heavy atom. The highest BCUT2D eigenvalue weighted by Crippen LogP contribution is 2.49. The smallest absolute Gasteiger partial charge is 0.276 e. The van der Waals surface area contributed by atoms with Crippen molar-refractivity contribution in [1.29, 1.82) is 0 Å². The standard InChI is InChI=1S/C27H29N5O4/c1-35-21-9-7-19(8-10-21)23-17-32-22(18-36-23)24(28-29-32)25(33)30-13-15-31(16-14-30)26(34)27(11-12-27)20-5-3-2-4-6-20/h2-10,23H,11-18H2,1H3. The summed E-state index contributed by atoms with van der Waals surface area (Å²) in [6.07, 6.45) is 1.61. The van der Waals surface area contributed by atoms with Gasteiger partial charge in [-0.1, -0.05) is 47.7 Å². The van der Waals surface area contributed by atoms with Crippen molar-refractivity contribution in [3.05, 3.63) is 77.1 Å². The predicted molar refractivity (Wildman–Crippen MR) is 130 cm³/mol. The van der Waals surface area contributed by atoms with Gasteiger partial charge >= 0.3 is 0 Å². The predicted octanol–water partition coefficient (Wildman–Crippen LogP) is 2.57. The van der Waals surface area contributed by atoms with Crippen LogP contribution < -0.4 is 4.74 Å². The van der Waals surface area contributed by atoms with Crippen LogP contribution in [0.4, 0.5) is 0 Å². The minimum absolute atomic E-state index is 0.154. The van der Waals surface area contributed by atoms with Gasteiger partial charge in [0.25, 0.3) is 5.91 Å². The number of carbonyl (C=O) groups excluding carboxylic acids is 2. The van der Waals surface area contributed by atoms with Gasteiger partial charge < -0.3 is 19.3 Å². The Bertz CT molecular complexity index is 1260. The third-order valence-electron chi connectivity index (χ3n) is 7.63. The molecule has 9 heteroatoms. The number of aromatic nitrogens is 3. The second kappa shape index (κ2) is 9.05. The lowest BCUT2D eigenvalue weighted by Crippen LogP contribution is -2.53. The molecule has 0 radical (unpaired) electrons. The monoisotopic (exact) mass is 487 g/mol. The summed E-state index contributed by atoms with van der Waals surface area (Å²) < 4.78 is 13.1. The van der Waals surface area contributed by atoms with E-state index in [1.807, 2.05) is 59.5 Å². The first-order valence-electron chi connectivity index (χ1n) is 12.4. The third-order valence-corrected chi connectivity index (χ3v) is 7.63. The quantitative estimate of drug-likeness (QED) is 0.550. The minimum atomic E-state index is -0.377. The summed E-state index contributed by atoms with van der Waals surface area (Å²) in [5.41, 5.74) is 2.78. The number of benzene rings is 2. The van der Waals surface area contributed by atoms with Crippen molar-refractivity contribution in [3.8, 4) is 5.75 Å². The van der Waals surface area contributed by atoms with Crippen LogP contribution in [0.5, 0.6) is 5.75 Å². The number of piperazine rings is 1. The van der Waals surface area contributed by atoms with Crippen LogP contribution in [0.25, 0.3) is 0 Å². The third kappa shape index (κ3) is 3.93. The van der Waals surface area contributed by atoms with Crippen LogP contribution >= 0.6 is 0 Å². The molecule has 36 heavy (non-hydrogen) atoms.